The van der Waals surface area contributed by atoms with E-state index in [1.54, 1.807) is 11.0 Å². The Morgan fingerprint density at radius 2 is 1.88 bits per heavy atom. The molecule has 0 spiro atoms. The van der Waals surface area contributed by atoms with Crippen LogP contribution in [-0.2, 0) is 6.18 Å². The smallest absolute Gasteiger partial charge is 0.418 e. The summed E-state index contributed by atoms with van der Waals surface area (Å²) in [6.07, 6.45) is -4.48. The van der Waals surface area contributed by atoms with Crippen LogP contribution in [0.15, 0.2) is 42.5 Å². The number of alkyl halides is 3. The van der Waals surface area contributed by atoms with Crippen LogP contribution in [0, 0.1) is 5.92 Å². The largest absolute Gasteiger partial charge is 0.478 e. The van der Waals surface area contributed by atoms with Crippen LogP contribution in [0.5, 0.6) is 0 Å². The number of carbonyl (C=O) groups is 2. The molecule has 7 nitrogen and oxygen atoms in total. The molecule has 0 aromatic heterocycles. The number of hydrogen-bond acceptors (Lipinski definition) is 4. The number of carboxylic acids is 1. The zero-order valence-corrected chi connectivity index (χ0v) is 17.5. The molecular formula is C21H20ClF3N4O3. The third-order valence-electron chi connectivity index (χ3n) is 5.96. The quantitative estimate of drug-likeness (QED) is 0.637. The van der Waals surface area contributed by atoms with E-state index in [9.17, 15) is 27.9 Å². The van der Waals surface area contributed by atoms with Gasteiger partial charge in [-0.05, 0) is 30.3 Å². The number of anilines is 2. The van der Waals surface area contributed by atoms with Gasteiger partial charge >= 0.3 is 18.2 Å². The van der Waals surface area contributed by atoms with E-state index in [1.807, 2.05) is 0 Å². The number of nitrogens with one attached hydrogen (secondary N) is 1. The highest BCUT2D eigenvalue weighted by atomic mass is 35.5. The van der Waals surface area contributed by atoms with Crippen molar-refractivity contribution in [1.29, 1.82) is 0 Å². The van der Waals surface area contributed by atoms with Crippen molar-refractivity contribution < 1.29 is 27.9 Å². The third-order valence-corrected chi connectivity index (χ3v) is 6.19. The van der Waals surface area contributed by atoms with Crippen LogP contribution in [0.1, 0.15) is 15.9 Å². The molecule has 2 fully saturated rings. The summed E-state index contributed by atoms with van der Waals surface area (Å²) in [7, 11) is 0. The van der Waals surface area contributed by atoms with Gasteiger partial charge in [-0.15, -0.1) is 0 Å². The molecule has 2 aliphatic rings. The molecule has 170 valence electrons. The molecule has 2 saturated heterocycles. The maximum Gasteiger partial charge on any atom is 0.418 e. The minimum absolute atomic E-state index is 0.0718. The molecular weight excluding hydrogens is 449 g/mol. The SMILES string of the molecule is N[C@@]12CN(C(=O)Nc3ccc(Cl)cc3C(=O)O)C[C@@H]1CN(c1ccccc1C(F)(F)F)C2. The van der Waals surface area contributed by atoms with Gasteiger partial charge in [-0.3, -0.25) is 0 Å². The van der Waals surface area contributed by atoms with Crippen molar-refractivity contribution in [2.75, 3.05) is 36.4 Å². The fourth-order valence-electron chi connectivity index (χ4n) is 4.43. The average molecular weight is 469 g/mol. The highest BCUT2D eigenvalue weighted by Crippen LogP contribution is 2.41. The number of carbonyl (C=O) groups excluding carboxylic acids is 1. The molecule has 2 aliphatic heterocycles. The Bertz CT molecular complexity index is 1080. The van der Waals surface area contributed by atoms with Crippen LogP contribution in [0.4, 0.5) is 29.3 Å². The summed E-state index contributed by atoms with van der Waals surface area (Å²) in [4.78, 5) is 27.3. The summed E-state index contributed by atoms with van der Waals surface area (Å²) >= 11 is 5.83. The third kappa shape index (κ3) is 4.07. The van der Waals surface area contributed by atoms with E-state index in [4.69, 9.17) is 17.3 Å². The first-order chi connectivity index (χ1) is 15.0. The normalized spacial score (nSPS) is 22.7. The number of hydrogen-bond donors (Lipinski definition) is 3. The number of rotatable bonds is 3. The lowest BCUT2D eigenvalue weighted by Gasteiger charge is -2.28. The van der Waals surface area contributed by atoms with Gasteiger partial charge in [-0.25, -0.2) is 9.59 Å². The first-order valence-electron chi connectivity index (χ1n) is 9.77. The molecule has 4 rings (SSSR count). The van der Waals surface area contributed by atoms with E-state index in [0.29, 0.717) is 0 Å². The predicted octanol–water partition coefficient (Wildman–Crippen LogP) is 3.74. The first-order valence-corrected chi connectivity index (χ1v) is 10.1. The van der Waals surface area contributed by atoms with E-state index in [-0.39, 0.29) is 54.1 Å². The predicted molar refractivity (Wildman–Crippen MR) is 113 cm³/mol. The minimum Gasteiger partial charge on any atom is -0.478 e. The van der Waals surface area contributed by atoms with Crippen LogP contribution >= 0.6 is 11.6 Å². The number of fused-ring (bicyclic) bond motifs is 1. The molecule has 32 heavy (non-hydrogen) atoms. The topological polar surface area (TPSA) is 98.9 Å². The highest BCUT2D eigenvalue weighted by Gasteiger charge is 2.52. The maximum absolute atomic E-state index is 13.4. The lowest BCUT2D eigenvalue weighted by molar-refractivity contribution is -0.137. The number of urea groups is 1. The zero-order valence-electron chi connectivity index (χ0n) is 16.7. The molecule has 0 saturated carbocycles. The molecule has 0 unspecified atom stereocenters. The van der Waals surface area contributed by atoms with Crippen molar-refractivity contribution in [3.63, 3.8) is 0 Å². The van der Waals surface area contributed by atoms with Gasteiger partial charge in [0.2, 0.25) is 0 Å². The van der Waals surface area contributed by atoms with Gasteiger partial charge in [0, 0.05) is 42.8 Å². The van der Waals surface area contributed by atoms with Crippen molar-refractivity contribution in [3.05, 3.63) is 58.6 Å². The Hall–Kier alpha value is -2.98. The van der Waals surface area contributed by atoms with E-state index >= 15 is 0 Å². The number of nitrogens with zero attached hydrogens (tertiary/aromatic N) is 2. The molecule has 0 radical (unpaired) electrons. The van der Waals surface area contributed by atoms with Gasteiger partial charge in [-0.2, -0.15) is 13.2 Å². The number of amides is 2. The van der Waals surface area contributed by atoms with Crippen LogP contribution in [0.2, 0.25) is 5.02 Å². The first kappa shape index (κ1) is 22.2. The lowest BCUT2D eigenvalue weighted by atomic mass is 9.92. The van der Waals surface area contributed by atoms with E-state index in [2.05, 4.69) is 5.32 Å². The van der Waals surface area contributed by atoms with Gasteiger partial charge in [0.15, 0.2) is 0 Å². The number of carboxylic acid groups (broad SMARTS) is 1. The van der Waals surface area contributed by atoms with Crippen molar-refractivity contribution in [3.8, 4) is 0 Å². The highest BCUT2D eigenvalue weighted by molar-refractivity contribution is 6.31. The molecule has 2 aromatic carbocycles. The second-order valence-corrected chi connectivity index (χ2v) is 8.57. The van der Waals surface area contributed by atoms with Crippen molar-refractivity contribution in [1.82, 2.24) is 4.90 Å². The number of nitrogens with two attached hydrogens (primary N) is 1. The standard InChI is InChI=1S/C21H20ClF3N4O3/c22-13-5-6-16(14(7-13)18(30)31)27-19(32)29-9-12-8-28(10-20(12,26)11-29)17-4-2-1-3-15(17)21(23,24)25/h1-7,12H,8-11,26H2,(H,27,32)(H,30,31)/t12-,20-/m0/s1. The molecule has 2 aromatic rings. The molecule has 2 heterocycles. The van der Waals surface area contributed by atoms with Crippen LogP contribution in [-0.4, -0.2) is 53.7 Å². The second kappa shape index (κ2) is 7.86. The van der Waals surface area contributed by atoms with E-state index in [1.165, 1.54) is 35.2 Å². The van der Waals surface area contributed by atoms with E-state index in [0.717, 1.165) is 6.07 Å². The van der Waals surface area contributed by atoms with Gasteiger partial charge in [0.1, 0.15) is 0 Å². The maximum atomic E-state index is 13.4. The van der Waals surface area contributed by atoms with E-state index < -0.39 is 29.3 Å². The summed E-state index contributed by atoms with van der Waals surface area (Å²) in [5.74, 6) is -1.48. The summed E-state index contributed by atoms with van der Waals surface area (Å²) in [5.41, 5.74) is 4.93. The molecule has 0 aliphatic carbocycles. The molecule has 2 amide bonds. The summed E-state index contributed by atoms with van der Waals surface area (Å²) in [5, 5.41) is 12.1. The Kier molecular flexibility index (Phi) is 5.46. The van der Waals surface area contributed by atoms with Gasteiger partial charge in [0.25, 0.3) is 0 Å². The number of aromatic carboxylic acids is 1. The fraction of sp³-hybridized carbons (Fsp3) is 0.333. The van der Waals surface area contributed by atoms with Crippen molar-refractivity contribution in [2.45, 2.75) is 11.7 Å². The van der Waals surface area contributed by atoms with Crippen LogP contribution in [0.25, 0.3) is 0 Å². The van der Waals surface area contributed by atoms with Gasteiger partial charge < -0.3 is 26.0 Å². The molecule has 2 atom stereocenters. The average Bonchev–Trinajstić information content (AvgIpc) is 3.20. The Morgan fingerprint density at radius 3 is 2.53 bits per heavy atom. The lowest BCUT2D eigenvalue weighted by Crippen LogP contribution is -2.50. The Morgan fingerprint density at radius 1 is 1.16 bits per heavy atom. The fourth-order valence-corrected chi connectivity index (χ4v) is 4.60. The van der Waals surface area contributed by atoms with Crippen LogP contribution < -0.4 is 16.0 Å². The molecule has 4 N–H and O–H groups in total. The Labute approximate surface area is 186 Å². The van der Waals surface area contributed by atoms with Crippen LogP contribution in [0.3, 0.4) is 0 Å². The summed E-state index contributed by atoms with van der Waals surface area (Å²) in [6.45, 7) is 0.803. The van der Waals surface area contributed by atoms with Gasteiger partial charge in [-0.1, -0.05) is 23.7 Å². The molecule has 11 heteroatoms. The number of para-hydroxylation sites is 1. The van der Waals surface area contributed by atoms with Crippen molar-refractivity contribution in [2.24, 2.45) is 11.7 Å². The summed E-state index contributed by atoms with van der Waals surface area (Å²) < 4.78 is 40.2. The number of halogens is 4. The molecule has 0 bridgehead atoms. The summed E-state index contributed by atoms with van der Waals surface area (Å²) in [6, 6.07) is 8.92. The minimum atomic E-state index is -4.48. The number of likely N-dealkylation sites (tertiary alicyclic amines) is 1. The van der Waals surface area contributed by atoms with Gasteiger partial charge in [0.05, 0.1) is 22.4 Å². The zero-order chi connectivity index (χ0) is 23.3. The second-order valence-electron chi connectivity index (χ2n) is 8.13. The Balaban J connectivity index is 1.48. The monoisotopic (exact) mass is 468 g/mol. The number of benzene rings is 2. The van der Waals surface area contributed by atoms with Crippen molar-refractivity contribution >= 4 is 35.0 Å².